The fraction of sp³-hybridized carbons (Fsp3) is 0.100. The van der Waals surface area contributed by atoms with Crippen LogP contribution in [-0.4, -0.2) is 26.5 Å². The van der Waals surface area contributed by atoms with Crippen molar-refractivity contribution >= 4 is 44.4 Å². The Morgan fingerprint density at radius 1 is 0.857 bits per heavy atom. The van der Waals surface area contributed by atoms with Crippen LogP contribution in [-0.2, 0) is 15.6 Å². The zero-order valence-electron chi connectivity index (χ0n) is 15.0. The molecular weight excluding hydrogens is 396 g/mol. The Kier molecular flexibility index (Phi) is 5.91. The van der Waals surface area contributed by atoms with Gasteiger partial charge in [0.25, 0.3) is 11.8 Å². The molecule has 0 aliphatic rings. The Balaban J connectivity index is 1.60. The Bertz CT molecular complexity index is 1070. The molecule has 0 fully saturated rings. The van der Waals surface area contributed by atoms with Crippen LogP contribution in [0.15, 0.2) is 66.0 Å². The zero-order valence-corrected chi connectivity index (χ0v) is 16.6. The average Bonchev–Trinajstić information content (AvgIpc) is 3.17. The summed E-state index contributed by atoms with van der Waals surface area (Å²) in [5.74, 6) is -0.546. The first kappa shape index (κ1) is 19.8. The van der Waals surface area contributed by atoms with E-state index in [1.54, 1.807) is 54.6 Å². The summed E-state index contributed by atoms with van der Waals surface area (Å²) < 4.78 is 22.6. The number of nitrogens with one attached hydrogen (secondary N) is 2. The van der Waals surface area contributed by atoms with E-state index in [2.05, 4.69) is 10.6 Å². The fourth-order valence-corrected chi connectivity index (χ4v) is 3.91. The molecule has 0 aliphatic carbocycles. The molecule has 2 aromatic carbocycles. The van der Waals surface area contributed by atoms with Gasteiger partial charge in [0.05, 0.1) is 10.6 Å². The maximum absolute atomic E-state index is 12.3. The van der Waals surface area contributed by atoms with Crippen molar-refractivity contribution in [2.24, 2.45) is 0 Å². The molecule has 0 radical (unpaired) electrons. The lowest BCUT2D eigenvalue weighted by Crippen LogP contribution is -2.13. The normalized spacial score (nSPS) is 11.0. The molecule has 0 saturated carbocycles. The monoisotopic (exact) mass is 414 g/mol. The number of hydrogen-bond acceptors (Lipinski definition) is 5. The van der Waals surface area contributed by atoms with Gasteiger partial charge in [-0.2, -0.15) is 0 Å². The number of benzene rings is 2. The van der Waals surface area contributed by atoms with Crippen molar-refractivity contribution in [2.45, 2.75) is 5.75 Å². The van der Waals surface area contributed by atoms with Crippen molar-refractivity contribution in [3.63, 3.8) is 0 Å². The van der Waals surface area contributed by atoms with E-state index in [0.29, 0.717) is 27.4 Å². The summed E-state index contributed by atoms with van der Waals surface area (Å²) >= 11 is 1.36. The minimum atomic E-state index is -3.12. The molecule has 2 amide bonds. The lowest BCUT2D eigenvalue weighted by atomic mass is 10.1. The summed E-state index contributed by atoms with van der Waals surface area (Å²) in [7, 11) is -3.12. The van der Waals surface area contributed by atoms with Gasteiger partial charge in [0, 0.05) is 23.2 Å². The van der Waals surface area contributed by atoms with Gasteiger partial charge < -0.3 is 10.6 Å². The predicted molar refractivity (Wildman–Crippen MR) is 112 cm³/mol. The van der Waals surface area contributed by atoms with Crippen LogP contribution in [0.1, 0.15) is 25.6 Å². The van der Waals surface area contributed by atoms with Crippen LogP contribution in [0, 0.1) is 0 Å². The summed E-state index contributed by atoms with van der Waals surface area (Å²) in [4.78, 5) is 25.0. The third kappa shape index (κ3) is 5.51. The topological polar surface area (TPSA) is 92.3 Å². The highest BCUT2D eigenvalue weighted by Crippen LogP contribution is 2.17. The number of carbonyl (C=O) groups is 2. The van der Waals surface area contributed by atoms with Gasteiger partial charge in [-0.05, 0) is 53.4 Å². The summed E-state index contributed by atoms with van der Waals surface area (Å²) in [5, 5.41) is 7.39. The predicted octanol–water partition coefficient (Wildman–Crippen LogP) is 3.80. The molecule has 0 bridgehead atoms. The zero-order chi connectivity index (χ0) is 20.1. The third-order valence-corrected chi connectivity index (χ3v) is 5.52. The Morgan fingerprint density at radius 3 is 1.93 bits per heavy atom. The molecule has 0 atom stereocenters. The van der Waals surface area contributed by atoms with Crippen molar-refractivity contribution in [3.05, 3.63) is 82.0 Å². The van der Waals surface area contributed by atoms with Crippen molar-refractivity contribution in [1.82, 2.24) is 0 Å². The van der Waals surface area contributed by atoms with Gasteiger partial charge in [-0.1, -0.05) is 18.2 Å². The van der Waals surface area contributed by atoms with E-state index in [9.17, 15) is 18.0 Å². The molecule has 0 aliphatic heterocycles. The summed E-state index contributed by atoms with van der Waals surface area (Å²) in [6.07, 6.45) is 1.17. The van der Waals surface area contributed by atoms with Crippen molar-refractivity contribution in [2.75, 3.05) is 16.9 Å². The molecule has 0 unspecified atom stereocenters. The number of rotatable bonds is 6. The first-order valence-corrected chi connectivity index (χ1v) is 11.3. The smallest absolute Gasteiger partial charge is 0.265 e. The van der Waals surface area contributed by atoms with E-state index in [-0.39, 0.29) is 17.6 Å². The van der Waals surface area contributed by atoms with Crippen LogP contribution < -0.4 is 10.6 Å². The minimum Gasteiger partial charge on any atom is -0.322 e. The van der Waals surface area contributed by atoms with Gasteiger partial charge in [-0.15, -0.1) is 11.3 Å². The summed E-state index contributed by atoms with van der Waals surface area (Å²) in [6, 6.07) is 16.8. The molecule has 0 spiro atoms. The van der Waals surface area contributed by atoms with Gasteiger partial charge in [-0.3, -0.25) is 9.59 Å². The molecule has 6 nitrogen and oxygen atoms in total. The fourth-order valence-electron chi connectivity index (χ4n) is 2.50. The second-order valence-electron chi connectivity index (χ2n) is 6.23. The van der Waals surface area contributed by atoms with Crippen molar-refractivity contribution in [3.8, 4) is 0 Å². The molecule has 28 heavy (non-hydrogen) atoms. The lowest BCUT2D eigenvalue weighted by Gasteiger charge is -2.08. The first-order valence-electron chi connectivity index (χ1n) is 8.33. The maximum atomic E-state index is 12.3. The number of amides is 2. The second-order valence-corrected chi connectivity index (χ2v) is 9.32. The van der Waals surface area contributed by atoms with Gasteiger partial charge in [0.1, 0.15) is 0 Å². The molecule has 1 heterocycles. The van der Waals surface area contributed by atoms with Gasteiger partial charge >= 0.3 is 0 Å². The average molecular weight is 415 g/mol. The van der Waals surface area contributed by atoms with Gasteiger partial charge in [0.15, 0.2) is 9.84 Å². The number of hydrogen-bond donors (Lipinski definition) is 2. The van der Waals surface area contributed by atoms with Gasteiger partial charge in [-0.25, -0.2) is 8.42 Å². The van der Waals surface area contributed by atoms with E-state index in [0.717, 1.165) is 0 Å². The standard InChI is InChI=1S/C20H18N2O4S2/c1-28(25,26)13-14-4-6-15(7-5-14)19(23)21-16-8-10-17(11-9-16)22-20(24)18-3-2-12-27-18/h2-12H,13H2,1H3,(H,21,23)(H,22,24). The minimum absolute atomic E-state index is 0.0620. The highest BCUT2D eigenvalue weighted by molar-refractivity contribution is 7.89. The lowest BCUT2D eigenvalue weighted by molar-refractivity contribution is 0.102. The second kappa shape index (κ2) is 8.37. The Hall–Kier alpha value is -2.97. The van der Waals surface area contributed by atoms with E-state index in [4.69, 9.17) is 0 Å². The van der Waals surface area contributed by atoms with E-state index < -0.39 is 9.84 Å². The van der Waals surface area contributed by atoms with Crippen LogP contribution in [0.4, 0.5) is 11.4 Å². The quantitative estimate of drug-likeness (QED) is 0.642. The van der Waals surface area contributed by atoms with E-state index in [1.807, 2.05) is 11.4 Å². The number of anilines is 2. The summed E-state index contributed by atoms with van der Waals surface area (Å²) in [6.45, 7) is 0. The van der Waals surface area contributed by atoms with Crippen molar-refractivity contribution in [1.29, 1.82) is 0 Å². The number of carbonyl (C=O) groups excluding carboxylic acids is 2. The molecule has 2 N–H and O–H groups in total. The Labute approximate surface area is 167 Å². The molecule has 144 valence electrons. The van der Waals surface area contributed by atoms with Crippen LogP contribution >= 0.6 is 11.3 Å². The molecular formula is C20H18N2O4S2. The van der Waals surface area contributed by atoms with Crippen LogP contribution in [0.3, 0.4) is 0 Å². The summed E-state index contributed by atoms with van der Waals surface area (Å²) in [5.41, 5.74) is 2.26. The Morgan fingerprint density at radius 2 is 1.43 bits per heavy atom. The highest BCUT2D eigenvalue weighted by Gasteiger charge is 2.10. The third-order valence-electron chi connectivity index (χ3n) is 3.79. The highest BCUT2D eigenvalue weighted by atomic mass is 32.2. The van der Waals surface area contributed by atoms with E-state index >= 15 is 0 Å². The number of thiophene rings is 1. The molecule has 1 aromatic heterocycles. The van der Waals surface area contributed by atoms with Gasteiger partial charge in [0.2, 0.25) is 0 Å². The van der Waals surface area contributed by atoms with Crippen LogP contribution in [0.2, 0.25) is 0 Å². The van der Waals surface area contributed by atoms with Crippen molar-refractivity contribution < 1.29 is 18.0 Å². The maximum Gasteiger partial charge on any atom is 0.265 e. The SMILES string of the molecule is CS(=O)(=O)Cc1ccc(C(=O)Nc2ccc(NC(=O)c3cccs3)cc2)cc1. The molecule has 0 saturated heterocycles. The largest absolute Gasteiger partial charge is 0.322 e. The van der Waals surface area contributed by atoms with Crippen LogP contribution in [0.5, 0.6) is 0 Å². The molecule has 3 aromatic rings. The van der Waals surface area contributed by atoms with E-state index in [1.165, 1.54) is 17.6 Å². The molecule has 3 rings (SSSR count). The van der Waals surface area contributed by atoms with Crippen LogP contribution in [0.25, 0.3) is 0 Å². The number of sulfone groups is 1. The molecule has 8 heteroatoms. The first-order chi connectivity index (χ1) is 13.3.